The Kier molecular flexibility index (Phi) is 5.30. The lowest BCUT2D eigenvalue weighted by atomic mass is 10.1. The molecule has 2 saturated heterocycles. The number of rotatable bonds is 6. The maximum atomic E-state index is 12.8. The average Bonchev–Trinajstić information content (AvgIpc) is 3.36. The quantitative estimate of drug-likeness (QED) is 0.734. The third kappa shape index (κ3) is 3.93. The number of nitrogens with zero attached hydrogens (tertiary/aromatic N) is 2. The van der Waals surface area contributed by atoms with E-state index >= 15 is 0 Å². The molecule has 5 heteroatoms. The summed E-state index contributed by atoms with van der Waals surface area (Å²) in [5.74, 6) is 1.87. The second-order valence-corrected chi connectivity index (χ2v) is 7.24. The summed E-state index contributed by atoms with van der Waals surface area (Å²) in [6.45, 7) is 7.80. The average molecular weight is 366 g/mol. The van der Waals surface area contributed by atoms with Crippen LogP contribution in [0.2, 0.25) is 0 Å². The van der Waals surface area contributed by atoms with Crippen molar-refractivity contribution in [2.45, 2.75) is 31.9 Å². The Morgan fingerprint density at radius 2 is 2.11 bits per heavy atom. The SMILES string of the molecule is C=CCc1ccccc1OCc1ccc(C(=O)N2CCN3CCCC3C2)o1. The fraction of sp³-hybridized carbons (Fsp3) is 0.409. The molecule has 0 N–H and O–H groups in total. The Morgan fingerprint density at radius 3 is 3.00 bits per heavy atom. The number of para-hydroxylation sites is 1. The first-order valence-corrected chi connectivity index (χ1v) is 9.68. The highest BCUT2D eigenvalue weighted by molar-refractivity contribution is 5.91. The van der Waals surface area contributed by atoms with E-state index in [4.69, 9.17) is 9.15 Å². The second kappa shape index (κ2) is 8.01. The molecule has 27 heavy (non-hydrogen) atoms. The summed E-state index contributed by atoms with van der Waals surface area (Å²) < 4.78 is 11.7. The number of furan rings is 1. The van der Waals surface area contributed by atoms with Crippen molar-refractivity contribution in [3.8, 4) is 5.75 Å². The molecular weight excluding hydrogens is 340 g/mol. The summed E-state index contributed by atoms with van der Waals surface area (Å²) in [5, 5.41) is 0. The van der Waals surface area contributed by atoms with Crippen LogP contribution in [-0.4, -0.2) is 47.9 Å². The highest BCUT2D eigenvalue weighted by Crippen LogP contribution is 2.24. The lowest BCUT2D eigenvalue weighted by molar-refractivity contribution is 0.0538. The molecule has 1 amide bonds. The van der Waals surface area contributed by atoms with Gasteiger partial charge in [0, 0.05) is 25.7 Å². The summed E-state index contributed by atoms with van der Waals surface area (Å²) in [6.07, 6.45) is 5.04. The van der Waals surface area contributed by atoms with Crippen molar-refractivity contribution in [3.63, 3.8) is 0 Å². The number of fused-ring (bicyclic) bond motifs is 1. The van der Waals surface area contributed by atoms with E-state index in [9.17, 15) is 4.79 Å². The molecule has 5 nitrogen and oxygen atoms in total. The Balaban J connectivity index is 1.37. The van der Waals surface area contributed by atoms with Gasteiger partial charge in [0.1, 0.15) is 18.1 Å². The van der Waals surface area contributed by atoms with Gasteiger partial charge >= 0.3 is 0 Å². The van der Waals surface area contributed by atoms with Crippen molar-refractivity contribution in [2.75, 3.05) is 26.2 Å². The van der Waals surface area contributed by atoms with Crippen LogP contribution in [0.1, 0.15) is 34.7 Å². The summed E-state index contributed by atoms with van der Waals surface area (Å²) >= 11 is 0. The second-order valence-electron chi connectivity index (χ2n) is 7.24. The van der Waals surface area contributed by atoms with E-state index < -0.39 is 0 Å². The Hall–Kier alpha value is -2.53. The fourth-order valence-electron chi connectivity index (χ4n) is 4.02. The number of allylic oxidation sites excluding steroid dienone is 1. The van der Waals surface area contributed by atoms with Crippen LogP contribution >= 0.6 is 0 Å². The van der Waals surface area contributed by atoms with Gasteiger partial charge in [-0.3, -0.25) is 9.69 Å². The van der Waals surface area contributed by atoms with Crippen LogP contribution in [-0.2, 0) is 13.0 Å². The zero-order valence-corrected chi connectivity index (χ0v) is 15.6. The minimum atomic E-state index is -0.0140. The number of hydrogen-bond donors (Lipinski definition) is 0. The third-order valence-electron chi connectivity index (χ3n) is 5.45. The maximum Gasteiger partial charge on any atom is 0.289 e. The zero-order chi connectivity index (χ0) is 18.6. The molecule has 2 aromatic rings. The Bertz CT molecular complexity index is 813. The van der Waals surface area contributed by atoms with Gasteiger partial charge in [0.15, 0.2) is 5.76 Å². The molecule has 4 rings (SSSR count). The van der Waals surface area contributed by atoms with Crippen molar-refractivity contribution in [1.82, 2.24) is 9.80 Å². The van der Waals surface area contributed by atoms with Crippen LogP contribution in [0.4, 0.5) is 0 Å². The Morgan fingerprint density at radius 1 is 1.22 bits per heavy atom. The molecule has 1 aromatic carbocycles. The van der Waals surface area contributed by atoms with Gasteiger partial charge in [-0.25, -0.2) is 0 Å². The molecule has 0 spiro atoms. The van der Waals surface area contributed by atoms with E-state index in [0.717, 1.165) is 37.4 Å². The molecule has 142 valence electrons. The lowest BCUT2D eigenvalue weighted by Crippen LogP contribution is -2.51. The van der Waals surface area contributed by atoms with Crippen LogP contribution in [0.15, 0.2) is 53.5 Å². The van der Waals surface area contributed by atoms with E-state index in [1.165, 1.54) is 19.4 Å². The highest BCUT2D eigenvalue weighted by atomic mass is 16.5. The first-order chi connectivity index (χ1) is 13.2. The standard InChI is InChI=1S/C22H26N2O3/c1-2-6-17-7-3-4-9-20(17)26-16-19-10-11-21(27-19)22(25)24-14-13-23-12-5-8-18(23)15-24/h2-4,7,9-11,18H,1,5-6,8,12-16H2. The van der Waals surface area contributed by atoms with Crippen LogP contribution in [0.5, 0.6) is 5.75 Å². The van der Waals surface area contributed by atoms with Gasteiger partial charge in [0.25, 0.3) is 5.91 Å². The molecule has 0 saturated carbocycles. The fourth-order valence-corrected chi connectivity index (χ4v) is 4.02. The van der Waals surface area contributed by atoms with Crippen LogP contribution in [0.3, 0.4) is 0 Å². The number of carbonyl (C=O) groups is 1. The van der Waals surface area contributed by atoms with E-state index in [-0.39, 0.29) is 5.91 Å². The smallest absolute Gasteiger partial charge is 0.289 e. The first kappa shape index (κ1) is 17.9. The minimum absolute atomic E-state index is 0.0140. The molecule has 0 aliphatic carbocycles. The number of carbonyl (C=O) groups excluding carboxylic acids is 1. The third-order valence-corrected chi connectivity index (χ3v) is 5.45. The molecular formula is C22H26N2O3. The molecule has 1 atom stereocenters. The number of hydrogen-bond acceptors (Lipinski definition) is 4. The predicted molar refractivity (Wildman–Crippen MR) is 104 cm³/mol. The van der Waals surface area contributed by atoms with Crippen molar-refractivity contribution >= 4 is 5.91 Å². The van der Waals surface area contributed by atoms with Gasteiger partial charge in [-0.1, -0.05) is 24.3 Å². The molecule has 3 heterocycles. The summed E-state index contributed by atoms with van der Waals surface area (Å²) in [6, 6.07) is 12.0. The molecule has 0 bridgehead atoms. The molecule has 2 fully saturated rings. The topological polar surface area (TPSA) is 45.9 Å². The minimum Gasteiger partial charge on any atom is -0.485 e. The number of benzene rings is 1. The van der Waals surface area contributed by atoms with E-state index in [1.54, 1.807) is 6.07 Å². The normalized spacial score (nSPS) is 19.7. The Labute approximate surface area is 160 Å². The largest absolute Gasteiger partial charge is 0.485 e. The van der Waals surface area contributed by atoms with Gasteiger partial charge < -0.3 is 14.1 Å². The van der Waals surface area contributed by atoms with Crippen molar-refractivity contribution < 1.29 is 13.9 Å². The number of amides is 1. The van der Waals surface area contributed by atoms with E-state index in [2.05, 4.69) is 11.5 Å². The summed E-state index contributed by atoms with van der Waals surface area (Å²) in [4.78, 5) is 17.2. The predicted octanol–water partition coefficient (Wildman–Crippen LogP) is 3.51. The van der Waals surface area contributed by atoms with E-state index in [0.29, 0.717) is 24.2 Å². The number of ether oxygens (including phenoxy) is 1. The van der Waals surface area contributed by atoms with Gasteiger partial charge in [0.05, 0.1) is 0 Å². The van der Waals surface area contributed by atoms with Gasteiger partial charge in [-0.2, -0.15) is 0 Å². The molecule has 2 aliphatic rings. The lowest BCUT2D eigenvalue weighted by Gasteiger charge is -2.37. The van der Waals surface area contributed by atoms with Crippen molar-refractivity contribution in [2.24, 2.45) is 0 Å². The van der Waals surface area contributed by atoms with Crippen LogP contribution in [0.25, 0.3) is 0 Å². The van der Waals surface area contributed by atoms with Crippen molar-refractivity contribution in [1.29, 1.82) is 0 Å². The highest BCUT2D eigenvalue weighted by Gasteiger charge is 2.33. The van der Waals surface area contributed by atoms with Crippen molar-refractivity contribution in [3.05, 3.63) is 66.1 Å². The monoisotopic (exact) mass is 366 g/mol. The molecule has 1 aromatic heterocycles. The summed E-state index contributed by atoms with van der Waals surface area (Å²) in [5.41, 5.74) is 1.09. The maximum absolute atomic E-state index is 12.8. The van der Waals surface area contributed by atoms with Crippen LogP contribution in [0, 0.1) is 0 Å². The first-order valence-electron chi connectivity index (χ1n) is 9.68. The molecule has 0 radical (unpaired) electrons. The van der Waals surface area contributed by atoms with Gasteiger partial charge in [0.2, 0.25) is 0 Å². The molecule has 1 unspecified atom stereocenters. The van der Waals surface area contributed by atoms with E-state index in [1.807, 2.05) is 41.3 Å². The summed E-state index contributed by atoms with van der Waals surface area (Å²) in [7, 11) is 0. The van der Waals surface area contributed by atoms with Gasteiger partial charge in [-0.05, 0) is 49.6 Å². The molecule has 2 aliphatic heterocycles. The van der Waals surface area contributed by atoms with Crippen LogP contribution < -0.4 is 4.74 Å². The number of piperazine rings is 1. The van der Waals surface area contributed by atoms with Gasteiger partial charge in [-0.15, -0.1) is 6.58 Å². The zero-order valence-electron chi connectivity index (χ0n) is 15.6.